The number of rotatable bonds is 3. The molecule has 0 saturated heterocycles. The maximum absolute atomic E-state index is 13.1. The summed E-state index contributed by atoms with van der Waals surface area (Å²) in [4.78, 5) is 0. The average molecular weight is 439 g/mol. The monoisotopic (exact) mass is 438 g/mol. The van der Waals surface area contributed by atoms with Gasteiger partial charge in [-0.05, 0) is 64.0 Å². The van der Waals surface area contributed by atoms with Crippen LogP contribution in [-0.2, 0) is 6.42 Å². The molecular weight excluding hydrogens is 429 g/mol. The number of hydrogen-bond acceptors (Lipinski definition) is 1. The number of halogens is 4. The van der Waals surface area contributed by atoms with Crippen molar-refractivity contribution >= 4 is 38.5 Å². The van der Waals surface area contributed by atoms with Crippen LogP contribution in [0.2, 0.25) is 0 Å². The van der Waals surface area contributed by atoms with E-state index < -0.39 is 17.7 Å². The second-order valence-electron chi connectivity index (χ2n) is 4.13. The molecule has 2 rings (SSSR count). The molecule has 1 nitrogen and oxygen atoms in total. The van der Waals surface area contributed by atoms with Gasteiger partial charge < -0.3 is 5.11 Å². The lowest BCUT2D eigenvalue weighted by Gasteiger charge is -2.13. The third kappa shape index (κ3) is 3.73. The van der Waals surface area contributed by atoms with Crippen LogP contribution >= 0.6 is 38.5 Å². The summed E-state index contributed by atoms with van der Waals surface area (Å²) in [5.74, 6) is -1.77. The topological polar surface area (TPSA) is 20.2 Å². The van der Waals surface area contributed by atoms with Gasteiger partial charge in [-0.1, -0.05) is 22.0 Å². The predicted molar refractivity (Wildman–Crippen MR) is 81.9 cm³/mol. The van der Waals surface area contributed by atoms with Crippen molar-refractivity contribution in [2.24, 2.45) is 0 Å². The van der Waals surface area contributed by atoms with E-state index in [0.717, 1.165) is 25.7 Å². The first-order chi connectivity index (χ1) is 8.97. The summed E-state index contributed by atoms with van der Waals surface area (Å²) in [6, 6.07) is 9.26. The minimum atomic E-state index is -0.895. The Bertz CT molecular complexity index is 604. The maximum atomic E-state index is 13.1. The van der Waals surface area contributed by atoms with Crippen LogP contribution in [0, 0.1) is 15.2 Å². The Hall–Kier alpha value is -0.530. The molecule has 5 heteroatoms. The second-order valence-corrected chi connectivity index (χ2v) is 6.21. The van der Waals surface area contributed by atoms with Gasteiger partial charge in [0.15, 0.2) is 11.6 Å². The normalized spacial score (nSPS) is 12.5. The molecule has 0 heterocycles. The van der Waals surface area contributed by atoms with Gasteiger partial charge in [-0.3, -0.25) is 0 Å². The lowest BCUT2D eigenvalue weighted by Crippen LogP contribution is -2.04. The molecule has 0 saturated carbocycles. The first kappa shape index (κ1) is 14.9. The Morgan fingerprint density at radius 1 is 1.11 bits per heavy atom. The molecule has 2 aromatic carbocycles. The summed E-state index contributed by atoms with van der Waals surface area (Å²) >= 11 is 5.48. The van der Waals surface area contributed by atoms with Crippen molar-refractivity contribution in [2.75, 3.05) is 0 Å². The van der Waals surface area contributed by atoms with Gasteiger partial charge in [-0.2, -0.15) is 0 Å². The van der Waals surface area contributed by atoms with Crippen LogP contribution in [-0.4, -0.2) is 5.11 Å². The zero-order valence-corrected chi connectivity index (χ0v) is 13.5. The average Bonchev–Trinajstić information content (AvgIpc) is 2.36. The van der Waals surface area contributed by atoms with Gasteiger partial charge in [0, 0.05) is 14.5 Å². The molecule has 0 radical (unpaired) electrons. The van der Waals surface area contributed by atoms with Crippen LogP contribution in [0.4, 0.5) is 8.78 Å². The van der Waals surface area contributed by atoms with Crippen LogP contribution < -0.4 is 0 Å². The molecule has 0 aliphatic carbocycles. The van der Waals surface area contributed by atoms with E-state index >= 15 is 0 Å². The molecule has 2 aromatic rings. The lowest BCUT2D eigenvalue weighted by atomic mass is 10.0. The summed E-state index contributed by atoms with van der Waals surface area (Å²) in [5, 5.41) is 10.2. The molecule has 0 fully saturated rings. The highest BCUT2D eigenvalue weighted by atomic mass is 127. The van der Waals surface area contributed by atoms with Crippen LogP contribution in [0.3, 0.4) is 0 Å². The Morgan fingerprint density at radius 3 is 2.53 bits per heavy atom. The molecule has 1 unspecified atom stereocenters. The fraction of sp³-hybridized carbons (Fsp3) is 0.143. The number of aliphatic hydroxyl groups is 1. The summed E-state index contributed by atoms with van der Waals surface area (Å²) in [6.45, 7) is 0. The maximum Gasteiger partial charge on any atom is 0.159 e. The summed E-state index contributed by atoms with van der Waals surface area (Å²) in [7, 11) is 0. The Kier molecular flexibility index (Phi) is 4.92. The summed E-state index contributed by atoms with van der Waals surface area (Å²) < 4.78 is 27.7. The van der Waals surface area contributed by atoms with Crippen LogP contribution in [0.1, 0.15) is 17.2 Å². The largest absolute Gasteiger partial charge is 0.388 e. The van der Waals surface area contributed by atoms with E-state index in [0.29, 0.717) is 5.56 Å². The van der Waals surface area contributed by atoms with Gasteiger partial charge in [0.2, 0.25) is 0 Å². The highest BCUT2D eigenvalue weighted by Gasteiger charge is 2.13. The van der Waals surface area contributed by atoms with E-state index in [1.165, 1.54) is 6.07 Å². The van der Waals surface area contributed by atoms with Crippen molar-refractivity contribution in [3.8, 4) is 0 Å². The third-order valence-electron chi connectivity index (χ3n) is 2.73. The highest BCUT2D eigenvalue weighted by Crippen LogP contribution is 2.26. The van der Waals surface area contributed by atoms with Crippen LogP contribution in [0.5, 0.6) is 0 Å². The second kappa shape index (κ2) is 6.28. The number of aliphatic hydroxyl groups excluding tert-OH is 1. The third-order valence-corrected chi connectivity index (χ3v) is 4.21. The first-order valence-electron chi connectivity index (χ1n) is 5.54. The van der Waals surface area contributed by atoms with Crippen molar-refractivity contribution in [2.45, 2.75) is 12.5 Å². The minimum Gasteiger partial charge on any atom is -0.388 e. The van der Waals surface area contributed by atoms with Crippen molar-refractivity contribution in [1.82, 2.24) is 0 Å². The van der Waals surface area contributed by atoms with Crippen molar-refractivity contribution in [3.05, 3.63) is 67.2 Å². The van der Waals surface area contributed by atoms with Gasteiger partial charge in [0.25, 0.3) is 0 Å². The molecule has 0 spiro atoms. The van der Waals surface area contributed by atoms with E-state index in [1.54, 1.807) is 0 Å². The number of hydrogen-bond donors (Lipinski definition) is 1. The van der Waals surface area contributed by atoms with E-state index in [4.69, 9.17) is 0 Å². The fourth-order valence-electron chi connectivity index (χ4n) is 1.77. The zero-order valence-electron chi connectivity index (χ0n) is 9.71. The highest BCUT2D eigenvalue weighted by molar-refractivity contribution is 14.1. The zero-order chi connectivity index (χ0) is 14.0. The van der Waals surface area contributed by atoms with Crippen molar-refractivity contribution < 1.29 is 13.9 Å². The SMILES string of the molecule is OC(Cc1ccc(F)c(F)c1)c1cc(Br)ccc1I. The van der Waals surface area contributed by atoms with Gasteiger partial charge >= 0.3 is 0 Å². The smallest absolute Gasteiger partial charge is 0.159 e. The number of benzene rings is 2. The van der Waals surface area contributed by atoms with Crippen molar-refractivity contribution in [3.63, 3.8) is 0 Å². The van der Waals surface area contributed by atoms with E-state index in [1.807, 2.05) is 18.2 Å². The van der Waals surface area contributed by atoms with Gasteiger partial charge in [0.05, 0.1) is 6.10 Å². The molecule has 1 atom stereocenters. The minimum absolute atomic E-state index is 0.240. The molecule has 100 valence electrons. The standard InChI is InChI=1S/C14H10BrF2IO/c15-9-2-4-13(18)10(7-9)14(19)6-8-1-3-11(16)12(17)5-8/h1-5,7,14,19H,6H2. The Morgan fingerprint density at radius 2 is 1.84 bits per heavy atom. The molecule has 0 aliphatic rings. The Balaban J connectivity index is 2.22. The predicted octanol–water partition coefficient (Wildman–Crippen LogP) is 4.61. The molecule has 0 aliphatic heterocycles. The van der Waals surface area contributed by atoms with Crippen molar-refractivity contribution in [1.29, 1.82) is 0 Å². The molecule has 0 aromatic heterocycles. The molecule has 0 bridgehead atoms. The van der Waals surface area contributed by atoms with Gasteiger partial charge in [0.1, 0.15) is 0 Å². The van der Waals surface area contributed by atoms with Gasteiger partial charge in [-0.15, -0.1) is 0 Å². The fourth-order valence-corrected chi connectivity index (χ4v) is 2.84. The summed E-state index contributed by atoms with van der Waals surface area (Å²) in [5.41, 5.74) is 1.32. The lowest BCUT2D eigenvalue weighted by molar-refractivity contribution is 0.177. The van der Waals surface area contributed by atoms with Crippen LogP contribution in [0.25, 0.3) is 0 Å². The van der Waals surface area contributed by atoms with E-state index in [-0.39, 0.29) is 6.42 Å². The van der Waals surface area contributed by atoms with Crippen LogP contribution in [0.15, 0.2) is 40.9 Å². The molecule has 0 amide bonds. The first-order valence-corrected chi connectivity index (χ1v) is 7.41. The van der Waals surface area contributed by atoms with E-state index in [2.05, 4.69) is 38.5 Å². The molecular formula is C14H10BrF2IO. The molecule has 1 N–H and O–H groups in total. The Labute approximate surface area is 131 Å². The summed E-state index contributed by atoms with van der Waals surface area (Å²) in [6.07, 6.45) is -0.516. The van der Waals surface area contributed by atoms with E-state index in [9.17, 15) is 13.9 Å². The molecule has 19 heavy (non-hydrogen) atoms. The van der Waals surface area contributed by atoms with Gasteiger partial charge in [-0.25, -0.2) is 8.78 Å². The quantitative estimate of drug-likeness (QED) is 0.694.